The molecule has 1 aliphatic heterocycles. The van der Waals surface area contributed by atoms with E-state index in [1.807, 2.05) is 20.8 Å². The number of ether oxygens (including phenoxy) is 1. The molecule has 2 N–H and O–H groups in total. The predicted molar refractivity (Wildman–Crippen MR) is 152 cm³/mol. The SMILES string of the molecule is CC(C)(C)OC(=O)N1CCCCC1CCNC(=O)c1ccc(NS(=O)(=O)CCc2cccc(Cl)c2Cl)cc1. The maximum atomic E-state index is 12.6. The molecule has 1 atom stereocenters. The van der Waals surface area contributed by atoms with E-state index in [-0.39, 0.29) is 30.2 Å². The summed E-state index contributed by atoms with van der Waals surface area (Å²) in [6.45, 7) is 6.59. The number of nitrogens with zero attached hydrogens (tertiary/aromatic N) is 1. The number of aryl methyl sites for hydroxylation is 1. The van der Waals surface area contributed by atoms with Crippen molar-refractivity contribution >= 4 is 50.9 Å². The molecular weight excluding hydrogens is 549 g/mol. The highest BCUT2D eigenvalue weighted by Crippen LogP contribution is 2.26. The zero-order valence-corrected chi connectivity index (χ0v) is 24.3. The summed E-state index contributed by atoms with van der Waals surface area (Å²) >= 11 is 12.1. The Bertz CT molecular complexity index is 1230. The number of hydrogen-bond donors (Lipinski definition) is 2. The van der Waals surface area contributed by atoms with Crippen LogP contribution in [0.2, 0.25) is 10.0 Å². The first-order chi connectivity index (χ1) is 17.8. The zero-order valence-electron chi connectivity index (χ0n) is 21.9. The average Bonchev–Trinajstić information content (AvgIpc) is 2.84. The van der Waals surface area contributed by atoms with Crippen molar-refractivity contribution in [1.29, 1.82) is 0 Å². The van der Waals surface area contributed by atoms with Gasteiger partial charge in [-0.05, 0) is 88.8 Å². The number of piperidine rings is 1. The molecule has 0 aliphatic carbocycles. The molecule has 11 heteroatoms. The normalized spacial score (nSPS) is 16.1. The van der Waals surface area contributed by atoms with E-state index < -0.39 is 15.6 Å². The van der Waals surface area contributed by atoms with Crippen molar-refractivity contribution in [2.75, 3.05) is 23.6 Å². The number of hydrogen-bond acceptors (Lipinski definition) is 5. The third-order valence-electron chi connectivity index (χ3n) is 6.11. The molecule has 38 heavy (non-hydrogen) atoms. The van der Waals surface area contributed by atoms with Gasteiger partial charge in [0.05, 0.1) is 15.8 Å². The molecule has 0 radical (unpaired) electrons. The summed E-state index contributed by atoms with van der Waals surface area (Å²) in [7, 11) is -3.64. The lowest BCUT2D eigenvalue weighted by Gasteiger charge is -2.36. The molecule has 0 saturated carbocycles. The van der Waals surface area contributed by atoms with Crippen molar-refractivity contribution in [1.82, 2.24) is 10.2 Å². The van der Waals surface area contributed by atoms with Crippen LogP contribution in [-0.2, 0) is 21.2 Å². The van der Waals surface area contributed by atoms with E-state index in [4.69, 9.17) is 27.9 Å². The van der Waals surface area contributed by atoms with E-state index in [0.717, 1.165) is 19.3 Å². The maximum absolute atomic E-state index is 12.6. The van der Waals surface area contributed by atoms with Gasteiger partial charge in [-0.2, -0.15) is 0 Å². The minimum atomic E-state index is -3.64. The van der Waals surface area contributed by atoms with Crippen molar-refractivity contribution < 1.29 is 22.7 Å². The molecule has 1 fully saturated rings. The minimum Gasteiger partial charge on any atom is -0.444 e. The number of sulfonamides is 1. The first-order valence-electron chi connectivity index (χ1n) is 12.7. The van der Waals surface area contributed by atoms with Gasteiger partial charge in [-0.3, -0.25) is 9.52 Å². The van der Waals surface area contributed by atoms with Gasteiger partial charge in [0.15, 0.2) is 0 Å². The Kier molecular flexibility index (Phi) is 10.3. The fourth-order valence-electron chi connectivity index (χ4n) is 4.22. The van der Waals surface area contributed by atoms with Crippen LogP contribution in [0, 0.1) is 0 Å². The van der Waals surface area contributed by atoms with E-state index in [0.29, 0.717) is 46.4 Å². The van der Waals surface area contributed by atoms with Gasteiger partial charge >= 0.3 is 6.09 Å². The van der Waals surface area contributed by atoms with E-state index in [9.17, 15) is 18.0 Å². The minimum absolute atomic E-state index is 0.0116. The standard InChI is InChI=1S/C27H35Cl2N3O5S/c1-27(2,3)37-26(34)32-17-5-4-8-22(32)14-16-30-25(33)20-10-12-21(13-11-20)31-38(35,36)18-15-19-7-6-9-23(28)24(19)29/h6-7,9-13,22,31H,4-5,8,14-18H2,1-3H3,(H,30,33). The van der Waals surface area contributed by atoms with Crippen molar-refractivity contribution in [3.05, 3.63) is 63.6 Å². The number of carbonyl (C=O) groups is 2. The Morgan fingerprint density at radius 2 is 1.79 bits per heavy atom. The number of rotatable bonds is 9. The van der Waals surface area contributed by atoms with Gasteiger partial charge in [0.1, 0.15) is 5.60 Å². The van der Waals surface area contributed by atoms with Crippen LogP contribution in [0.15, 0.2) is 42.5 Å². The molecule has 1 heterocycles. The Hall–Kier alpha value is -2.49. The summed E-state index contributed by atoms with van der Waals surface area (Å²) in [5.41, 5.74) is 0.858. The molecule has 1 unspecified atom stereocenters. The maximum Gasteiger partial charge on any atom is 0.410 e. The zero-order chi connectivity index (χ0) is 27.9. The number of benzene rings is 2. The Morgan fingerprint density at radius 1 is 1.08 bits per heavy atom. The highest BCUT2D eigenvalue weighted by Gasteiger charge is 2.30. The van der Waals surface area contributed by atoms with Crippen molar-refractivity contribution in [3.63, 3.8) is 0 Å². The number of amides is 2. The number of likely N-dealkylation sites (tertiary alicyclic amines) is 1. The van der Waals surface area contributed by atoms with Crippen LogP contribution >= 0.6 is 23.2 Å². The Morgan fingerprint density at radius 3 is 2.47 bits per heavy atom. The van der Waals surface area contributed by atoms with Crippen LogP contribution in [0.4, 0.5) is 10.5 Å². The smallest absolute Gasteiger partial charge is 0.410 e. The third kappa shape index (κ3) is 9.06. The molecule has 0 spiro atoms. The Labute approximate surface area is 235 Å². The second-order valence-electron chi connectivity index (χ2n) is 10.3. The lowest BCUT2D eigenvalue weighted by atomic mass is 10.00. The largest absolute Gasteiger partial charge is 0.444 e. The van der Waals surface area contributed by atoms with Crippen molar-refractivity contribution in [3.8, 4) is 0 Å². The van der Waals surface area contributed by atoms with Gasteiger partial charge in [0.25, 0.3) is 5.91 Å². The summed E-state index contributed by atoms with van der Waals surface area (Å²) in [4.78, 5) is 27.0. The summed E-state index contributed by atoms with van der Waals surface area (Å²) < 4.78 is 33.1. The molecule has 2 amide bonds. The van der Waals surface area contributed by atoms with E-state index >= 15 is 0 Å². The van der Waals surface area contributed by atoms with Gasteiger partial charge < -0.3 is 15.0 Å². The van der Waals surface area contributed by atoms with Gasteiger partial charge in [0.2, 0.25) is 10.0 Å². The molecule has 1 aliphatic rings. The molecule has 0 aromatic heterocycles. The van der Waals surface area contributed by atoms with E-state index in [2.05, 4.69) is 10.0 Å². The fraction of sp³-hybridized carbons (Fsp3) is 0.481. The van der Waals surface area contributed by atoms with Crippen LogP contribution < -0.4 is 10.0 Å². The van der Waals surface area contributed by atoms with Crippen LogP contribution in [0.25, 0.3) is 0 Å². The average molecular weight is 585 g/mol. The first kappa shape index (κ1) is 30.1. The highest BCUT2D eigenvalue weighted by atomic mass is 35.5. The molecule has 3 rings (SSSR count). The quantitative estimate of drug-likeness (QED) is 0.383. The van der Waals surface area contributed by atoms with E-state index in [1.54, 1.807) is 47.4 Å². The lowest BCUT2D eigenvalue weighted by molar-refractivity contribution is 0.00901. The summed E-state index contributed by atoms with van der Waals surface area (Å²) in [6.07, 6.45) is 3.35. The second-order valence-corrected chi connectivity index (χ2v) is 13.0. The van der Waals surface area contributed by atoms with Gasteiger partial charge in [-0.15, -0.1) is 0 Å². The summed E-state index contributed by atoms with van der Waals surface area (Å²) in [6, 6.07) is 11.3. The highest BCUT2D eigenvalue weighted by molar-refractivity contribution is 7.92. The fourth-order valence-corrected chi connectivity index (χ4v) is 5.72. The van der Waals surface area contributed by atoms with Crippen LogP contribution in [0.3, 0.4) is 0 Å². The monoisotopic (exact) mass is 583 g/mol. The molecule has 208 valence electrons. The Balaban J connectivity index is 1.49. The van der Waals surface area contributed by atoms with Crippen LogP contribution in [0.5, 0.6) is 0 Å². The molecule has 2 aromatic carbocycles. The molecule has 0 bridgehead atoms. The first-order valence-corrected chi connectivity index (χ1v) is 15.1. The predicted octanol–water partition coefficient (Wildman–Crippen LogP) is 5.89. The van der Waals surface area contributed by atoms with Gasteiger partial charge in [-0.25, -0.2) is 13.2 Å². The van der Waals surface area contributed by atoms with E-state index in [1.165, 1.54) is 0 Å². The van der Waals surface area contributed by atoms with Crippen molar-refractivity contribution in [2.45, 2.75) is 64.5 Å². The summed E-state index contributed by atoms with van der Waals surface area (Å²) in [5.74, 6) is -0.439. The lowest BCUT2D eigenvalue weighted by Crippen LogP contribution is -2.47. The number of halogens is 2. The molecule has 8 nitrogen and oxygen atoms in total. The van der Waals surface area contributed by atoms with Gasteiger partial charge in [-0.1, -0.05) is 35.3 Å². The molecule has 2 aromatic rings. The number of anilines is 1. The topological polar surface area (TPSA) is 105 Å². The second kappa shape index (κ2) is 13.0. The number of carbonyl (C=O) groups excluding carboxylic acids is 2. The molecule has 1 saturated heterocycles. The van der Waals surface area contributed by atoms with Crippen LogP contribution in [0.1, 0.15) is 62.4 Å². The third-order valence-corrected chi connectivity index (χ3v) is 8.26. The molecular formula is C27H35Cl2N3O5S. The van der Waals surface area contributed by atoms with Crippen LogP contribution in [-0.4, -0.2) is 55.8 Å². The van der Waals surface area contributed by atoms with Crippen molar-refractivity contribution in [2.24, 2.45) is 0 Å². The number of nitrogens with one attached hydrogen (secondary N) is 2. The van der Waals surface area contributed by atoms with Gasteiger partial charge in [0, 0.05) is 30.4 Å². The summed E-state index contributed by atoms with van der Waals surface area (Å²) in [5, 5.41) is 3.62.